The standard InChI is InChI=1S/C15H22N4O3S/c20-23(21,13-2-3-13)19-10-15(11-19)5-4-12(9-22-15)8-18-14-16-6-1-7-17-14/h1,6-7,12-13H,2-5,8-11H2,(H,16,17,18)/t12-/m0/s1. The Morgan fingerprint density at radius 3 is 2.61 bits per heavy atom. The smallest absolute Gasteiger partial charge is 0.222 e. The summed E-state index contributed by atoms with van der Waals surface area (Å²) >= 11 is 0. The summed E-state index contributed by atoms with van der Waals surface area (Å²) in [7, 11) is -3.04. The number of sulfonamides is 1. The Balaban J connectivity index is 1.24. The summed E-state index contributed by atoms with van der Waals surface area (Å²) in [5.41, 5.74) is -0.234. The molecule has 1 N–H and O–H groups in total. The minimum atomic E-state index is -3.04. The maximum atomic E-state index is 12.2. The Hall–Kier alpha value is -1.25. The molecule has 2 saturated heterocycles. The van der Waals surface area contributed by atoms with Gasteiger partial charge in [0, 0.05) is 32.0 Å². The van der Waals surface area contributed by atoms with E-state index in [1.54, 1.807) is 22.8 Å². The van der Waals surface area contributed by atoms with E-state index in [1.807, 2.05) is 0 Å². The van der Waals surface area contributed by atoms with E-state index in [4.69, 9.17) is 4.74 Å². The fraction of sp³-hybridized carbons (Fsp3) is 0.733. The molecule has 0 radical (unpaired) electrons. The minimum Gasteiger partial charge on any atom is -0.372 e. The predicted molar refractivity (Wildman–Crippen MR) is 85.4 cm³/mol. The van der Waals surface area contributed by atoms with Crippen LogP contribution in [0.4, 0.5) is 5.95 Å². The highest BCUT2D eigenvalue weighted by Gasteiger charge is 2.54. The van der Waals surface area contributed by atoms with E-state index in [0.717, 1.165) is 32.2 Å². The molecule has 1 saturated carbocycles. The van der Waals surface area contributed by atoms with E-state index < -0.39 is 10.0 Å². The Morgan fingerprint density at radius 2 is 2.00 bits per heavy atom. The molecule has 1 aliphatic carbocycles. The van der Waals surface area contributed by atoms with Crippen LogP contribution in [0.5, 0.6) is 0 Å². The number of nitrogens with one attached hydrogen (secondary N) is 1. The second kappa shape index (κ2) is 5.68. The van der Waals surface area contributed by atoms with E-state index in [-0.39, 0.29) is 10.9 Å². The van der Waals surface area contributed by atoms with Gasteiger partial charge in [-0.1, -0.05) is 0 Å². The molecule has 0 unspecified atom stereocenters. The van der Waals surface area contributed by atoms with E-state index in [2.05, 4.69) is 15.3 Å². The lowest BCUT2D eigenvalue weighted by Crippen LogP contribution is -2.66. The number of nitrogens with zero attached hydrogens (tertiary/aromatic N) is 3. The van der Waals surface area contributed by atoms with Crippen molar-refractivity contribution in [1.29, 1.82) is 0 Å². The highest BCUT2D eigenvalue weighted by atomic mass is 32.2. The van der Waals surface area contributed by atoms with Gasteiger partial charge in [0.25, 0.3) is 0 Å². The van der Waals surface area contributed by atoms with Gasteiger partial charge in [0.1, 0.15) is 0 Å². The van der Waals surface area contributed by atoms with E-state index in [1.165, 1.54) is 0 Å². The molecule has 1 aromatic rings. The van der Waals surface area contributed by atoms with Gasteiger partial charge in [-0.2, -0.15) is 4.31 Å². The number of anilines is 1. The molecule has 3 aliphatic rings. The van der Waals surface area contributed by atoms with Crippen molar-refractivity contribution in [1.82, 2.24) is 14.3 Å². The molecule has 3 fully saturated rings. The first-order valence-electron chi connectivity index (χ1n) is 8.21. The average Bonchev–Trinajstić information content (AvgIpc) is 3.37. The van der Waals surface area contributed by atoms with Crippen LogP contribution in [-0.4, -0.2) is 59.8 Å². The second-order valence-corrected chi connectivity index (χ2v) is 9.08. The maximum absolute atomic E-state index is 12.2. The highest BCUT2D eigenvalue weighted by Crippen LogP contribution is 2.41. The summed E-state index contributed by atoms with van der Waals surface area (Å²) in [6.45, 7) is 2.52. The summed E-state index contributed by atoms with van der Waals surface area (Å²) in [5, 5.41) is 3.11. The number of aromatic nitrogens is 2. The fourth-order valence-electron chi connectivity index (χ4n) is 3.31. The number of hydrogen-bond acceptors (Lipinski definition) is 6. The van der Waals surface area contributed by atoms with Crippen LogP contribution >= 0.6 is 0 Å². The van der Waals surface area contributed by atoms with Gasteiger partial charge in [-0.05, 0) is 37.7 Å². The highest BCUT2D eigenvalue weighted by molar-refractivity contribution is 7.90. The van der Waals surface area contributed by atoms with E-state index >= 15 is 0 Å². The molecule has 3 heterocycles. The Bertz CT molecular complexity index is 647. The molecule has 0 amide bonds. The van der Waals surface area contributed by atoms with Crippen molar-refractivity contribution in [3.63, 3.8) is 0 Å². The van der Waals surface area contributed by atoms with Crippen molar-refractivity contribution in [2.75, 3.05) is 31.6 Å². The molecule has 0 bridgehead atoms. The molecule has 126 valence electrons. The van der Waals surface area contributed by atoms with Crippen molar-refractivity contribution in [3.8, 4) is 0 Å². The molecule has 8 heteroatoms. The summed E-state index contributed by atoms with van der Waals surface area (Å²) in [6, 6.07) is 1.79. The van der Waals surface area contributed by atoms with Crippen molar-refractivity contribution in [2.45, 2.75) is 36.5 Å². The normalized spacial score (nSPS) is 27.6. The van der Waals surface area contributed by atoms with Gasteiger partial charge >= 0.3 is 0 Å². The zero-order chi connectivity index (χ0) is 15.9. The molecule has 7 nitrogen and oxygen atoms in total. The molecule has 1 aromatic heterocycles. The van der Waals surface area contributed by atoms with Gasteiger partial charge in [0.05, 0.1) is 17.5 Å². The van der Waals surface area contributed by atoms with Crippen LogP contribution in [0, 0.1) is 5.92 Å². The first-order valence-corrected chi connectivity index (χ1v) is 9.72. The van der Waals surface area contributed by atoms with Crippen LogP contribution in [0.2, 0.25) is 0 Å². The van der Waals surface area contributed by atoms with E-state index in [0.29, 0.717) is 31.6 Å². The van der Waals surface area contributed by atoms with Crippen LogP contribution in [0.1, 0.15) is 25.7 Å². The molecule has 4 rings (SSSR count). The van der Waals surface area contributed by atoms with Crippen LogP contribution < -0.4 is 5.32 Å². The van der Waals surface area contributed by atoms with Crippen LogP contribution in [0.25, 0.3) is 0 Å². The lowest BCUT2D eigenvalue weighted by atomic mass is 9.84. The number of hydrogen-bond donors (Lipinski definition) is 1. The summed E-state index contributed by atoms with van der Waals surface area (Å²) < 4.78 is 32.0. The van der Waals surface area contributed by atoms with Crippen molar-refractivity contribution < 1.29 is 13.2 Å². The van der Waals surface area contributed by atoms with Crippen molar-refractivity contribution >= 4 is 16.0 Å². The predicted octanol–water partition coefficient (Wildman–Crippen LogP) is 0.862. The zero-order valence-corrected chi connectivity index (χ0v) is 13.8. The minimum absolute atomic E-state index is 0.119. The summed E-state index contributed by atoms with van der Waals surface area (Å²) in [6.07, 6.45) is 7.03. The largest absolute Gasteiger partial charge is 0.372 e. The molecule has 1 spiro atoms. The number of ether oxygens (including phenoxy) is 1. The van der Waals surface area contributed by atoms with Crippen molar-refractivity contribution in [2.24, 2.45) is 5.92 Å². The van der Waals surface area contributed by atoms with Crippen LogP contribution in [0.15, 0.2) is 18.5 Å². The molecule has 23 heavy (non-hydrogen) atoms. The van der Waals surface area contributed by atoms with Gasteiger partial charge in [-0.25, -0.2) is 18.4 Å². The summed E-state index contributed by atoms with van der Waals surface area (Å²) in [5.74, 6) is 1.05. The third kappa shape index (κ3) is 3.07. The molecule has 1 atom stereocenters. The molecule has 2 aliphatic heterocycles. The van der Waals surface area contributed by atoms with Gasteiger partial charge in [-0.15, -0.1) is 0 Å². The number of rotatable bonds is 5. The van der Waals surface area contributed by atoms with Gasteiger partial charge in [-0.3, -0.25) is 0 Å². The Morgan fingerprint density at radius 1 is 1.26 bits per heavy atom. The monoisotopic (exact) mass is 338 g/mol. The van der Waals surface area contributed by atoms with Crippen molar-refractivity contribution in [3.05, 3.63) is 18.5 Å². The van der Waals surface area contributed by atoms with Gasteiger partial charge in [0.2, 0.25) is 16.0 Å². The topological polar surface area (TPSA) is 84.4 Å². The first-order chi connectivity index (χ1) is 11.1. The Labute approximate surface area is 136 Å². The molecular weight excluding hydrogens is 316 g/mol. The van der Waals surface area contributed by atoms with Crippen LogP contribution in [-0.2, 0) is 14.8 Å². The lowest BCUT2D eigenvalue weighted by Gasteiger charge is -2.52. The quantitative estimate of drug-likeness (QED) is 0.857. The summed E-state index contributed by atoms with van der Waals surface area (Å²) in [4.78, 5) is 8.28. The molecular formula is C15H22N4O3S. The van der Waals surface area contributed by atoms with Crippen LogP contribution in [0.3, 0.4) is 0 Å². The third-order valence-corrected chi connectivity index (χ3v) is 7.27. The van der Waals surface area contributed by atoms with Gasteiger partial charge in [0.15, 0.2) is 0 Å². The third-order valence-electron chi connectivity index (χ3n) is 4.98. The maximum Gasteiger partial charge on any atom is 0.222 e. The Kier molecular flexibility index (Phi) is 3.78. The van der Waals surface area contributed by atoms with E-state index in [9.17, 15) is 8.42 Å². The van der Waals surface area contributed by atoms with Gasteiger partial charge < -0.3 is 10.1 Å². The first kappa shape index (κ1) is 15.3. The zero-order valence-electron chi connectivity index (χ0n) is 13.0. The average molecular weight is 338 g/mol. The fourth-order valence-corrected chi connectivity index (χ4v) is 5.29. The SMILES string of the molecule is O=S(=O)(C1CC1)N1CC2(CC[C@@H](CNc3ncccn3)CO2)C1. The lowest BCUT2D eigenvalue weighted by molar-refractivity contribution is -0.155. The second-order valence-electron chi connectivity index (χ2n) is 6.86. The molecule has 0 aromatic carbocycles.